The molecule has 0 radical (unpaired) electrons. The zero-order valence-corrected chi connectivity index (χ0v) is 14.8. The van der Waals surface area contributed by atoms with Gasteiger partial charge in [-0.15, -0.1) is 0 Å². The first kappa shape index (κ1) is 17.2. The Morgan fingerprint density at radius 3 is 2.23 bits per heavy atom. The number of nitrogens with zero attached hydrogens (tertiary/aromatic N) is 1. The maximum Gasteiger partial charge on any atom is 0.243 e. The lowest BCUT2D eigenvalue weighted by Crippen LogP contribution is -2.42. The van der Waals surface area contributed by atoms with Crippen molar-refractivity contribution in [3.05, 3.63) is 24.3 Å². The van der Waals surface area contributed by atoms with Crippen LogP contribution in [0.5, 0.6) is 0 Å². The van der Waals surface area contributed by atoms with E-state index in [1.807, 2.05) is 0 Å². The number of nitrogens with one attached hydrogen (secondary N) is 2. The molecule has 1 heterocycles. The average Bonchev–Trinajstić information content (AvgIpc) is 2.46. The number of anilines is 1. The minimum absolute atomic E-state index is 0.328. The molecule has 7 heteroatoms. The third kappa shape index (κ3) is 3.97. The van der Waals surface area contributed by atoms with E-state index in [-0.39, 0.29) is 0 Å². The van der Waals surface area contributed by atoms with Crippen LogP contribution in [0, 0.1) is 11.8 Å². The van der Waals surface area contributed by atoms with Crippen molar-refractivity contribution in [2.75, 3.05) is 25.5 Å². The first-order valence-electron chi connectivity index (χ1n) is 7.42. The van der Waals surface area contributed by atoms with Gasteiger partial charge in [-0.25, -0.2) is 8.42 Å². The van der Waals surface area contributed by atoms with Crippen LogP contribution in [0.15, 0.2) is 29.2 Å². The molecule has 5 nitrogen and oxygen atoms in total. The first-order chi connectivity index (χ1) is 10.3. The maximum absolute atomic E-state index is 12.7. The van der Waals surface area contributed by atoms with Crippen LogP contribution in [0.4, 0.5) is 5.69 Å². The molecule has 1 aromatic rings. The predicted octanol–water partition coefficient (Wildman–Crippen LogP) is 2.27. The van der Waals surface area contributed by atoms with Gasteiger partial charge in [0.2, 0.25) is 10.0 Å². The topological polar surface area (TPSA) is 61.4 Å². The molecular formula is C15H23N3O2S2. The predicted molar refractivity (Wildman–Crippen MR) is 93.4 cm³/mol. The van der Waals surface area contributed by atoms with Crippen molar-refractivity contribution in [1.29, 1.82) is 0 Å². The molecule has 1 saturated heterocycles. The largest absolute Gasteiger partial charge is 0.366 e. The zero-order valence-electron chi connectivity index (χ0n) is 13.2. The fourth-order valence-corrected chi connectivity index (χ4v) is 4.65. The highest BCUT2D eigenvalue weighted by Crippen LogP contribution is 2.27. The molecule has 0 aliphatic carbocycles. The van der Waals surface area contributed by atoms with Gasteiger partial charge in [0, 0.05) is 25.8 Å². The Bertz CT molecular complexity index is 619. The highest BCUT2D eigenvalue weighted by molar-refractivity contribution is 7.89. The SMILES string of the molecule is CNC(=S)Nc1ccc(S(=O)(=O)N2C[C@H](C)C[C@H](C)C2)cc1. The van der Waals surface area contributed by atoms with Crippen LogP contribution in [0.25, 0.3) is 0 Å². The van der Waals surface area contributed by atoms with Crippen molar-refractivity contribution in [2.24, 2.45) is 11.8 Å². The van der Waals surface area contributed by atoms with Crippen LogP contribution in [-0.4, -0.2) is 38.0 Å². The maximum atomic E-state index is 12.7. The van der Waals surface area contributed by atoms with Gasteiger partial charge in [-0.2, -0.15) is 4.31 Å². The summed E-state index contributed by atoms with van der Waals surface area (Å²) in [5.74, 6) is 0.792. The molecule has 0 unspecified atom stereocenters. The summed E-state index contributed by atoms with van der Waals surface area (Å²) in [5, 5.41) is 6.28. The van der Waals surface area contributed by atoms with E-state index < -0.39 is 10.0 Å². The number of sulfonamides is 1. The number of benzene rings is 1. The summed E-state index contributed by atoms with van der Waals surface area (Å²) in [4.78, 5) is 0.328. The molecule has 0 saturated carbocycles. The van der Waals surface area contributed by atoms with Gasteiger partial charge < -0.3 is 10.6 Å². The fraction of sp³-hybridized carbons (Fsp3) is 0.533. The summed E-state index contributed by atoms with van der Waals surface area (Å²) < 4.78 is 27.1. The summed E-state index contributed by atoms with van der Waals surface area (Å²) in [5.41, 5.74) is 0.763. The van der Waals surface area contributed by atoms with Crippen LogP contribution < -0.4 is 10.6 Å². The Hall–Kier alpha value is -1.18. The normalized spacial score (nSPS) is 23.0. The smallest absolute Gasteiger partial charge is 0.243 e. The van der Waals surface area contributed by atoms with E-state index in [2.05, 4.69) is 24.5 Å². The number of hydrogen-bond acceptors (Lipinski definition) is 3. The first-order valence-corrected chi connectivity index (χ1v) is 9.26. The summed E-state index contributed by atoms with van der Waals surface area (Å²) in [7, 11) is -1.69. The molecule has 1 aromatic carbocycles. The van der Waals surface area contributed by atoms with Gasteiger partial charge in [-0.1, -0.05) is 13.8 Å². The second-order valence-electron chi connectivity index (χ2n) is 6.00. The van der Waals surface area contributed by atoms with E-state index in [9.17, 15) is 8.42 Å². The molecule has 0 spiro atoms. The van der Waals surface area contributed by atoms with Gasteiger partial charge >= 0.3 is 0 Å². The van der Waals surface area contributed by atoms with Crippen molar-refractivity contribution < 1.29 is 8.42 Å². The minimum atomic E-state index is -3.42. The minimum Gasteiger partial charge on any atom is -0.366 e. The molecule has 1 aliphatic rings. The summed E-state index contributed by atoms with van der Waals surface area (Å²) >= 11 is 5.02. The van der Waals surface area contributed by atoms with Gasteiger partial charge in [-0.3, -0.25) is 0 Å². The number of rotatable bonds is 3. The molecule has 0 aromatic heterocycles. The summed E-state index contributed by atoms with van der Waals surface area (Å²) in [6, 6.07) is 6.71. The van der Waals surface area contributed by atoms with E-state index in [1.165, 1.54) is 0 Å². The van der Waals surface area contributed by atoms with E-state index in [0.29, 0.717) is 34.9 Å². The van der Waals surface area contributed by atoms with Gasteiger partial charge in [0.15, 0.2) is 5.11 Å². The van der Waals surface area contributed by atoms with E-state index in [4.69, 9.17) is 12.2 Å². The Morgan fingerprint density at radius 2 is 1.73 bits per heavy atom. The number of piperidine rings is 1. The number of thiocarbonyl (C=S) groups is 1. The van der Waals surface area contributed by atoms with Gasteiger partial charge in [0.05, 0.1) is 4.90 Å². The molecule has 2 N–H and O–H groups in total. The molecule has 1 fully saturated rings. The van der Waals surface area contributed by atoms with Crippen molar-refractivity contribution in [3.8, 4) is 0 Å². The lowest BCUT2D eigenvalue weighted by Gasteiger charge is -2.34. The zero-order chi connectivity index (χ0) is 16.3. The Balaban J connectivity index is 2.17. The lowest BCUT2D eigenvalue weighted by molar-refractivity contribution is 0.222. The van der Waals surface area contributed by atoms with E-state index >= 15 is 0 Å². The molecule has 0 bridgehead atoms. The lowest BCUT2D eigenvalue weighted by atomic mass is 9.94. The Morgan fingerprint density at radius 1 is 1.18 bits per heavy atom. The standard InChI is InChI=1S/C15H23N3O2S2/c1-11-8-12(2)10-18(9-11)22(19,20)14-6-4-13(5-7-14)17-15(21)16-3/h4-7,11-12H,8-10H2,1-3H3,(H2,16,17,21)/t11-,12+. The molecule has 2 atom stereocenters. The van der Waals surface area contributed by atoms with Crippen molar-refractivity contribution in [3.63, 3.8) is 0 Å². The number of hydrogen-bond donors (Lipinski definition) is 2. The second kappa shape index (κ2) is 6.93. The fourth-order valence-electron chi connectivity index (χ4n) is 2.85. The summed E-state index contributed by atoms with van der Waals surface area (Å²) in [6.45, 7) is 5.39. The van der Waals surface area contributed by atoms with Gasteiger partial charge in [0.25, 0.3) is 0 Å². The van der Waals surface area contributed by atoms with Crippen LogP contribution in [0.2, 0.25) is 0 Å². The van der Waals surface area contributed by atoms with Crippen LogP contribution in [-0.2, 0) is 10.0 Å². The highest BCUT2D eigenvalue weighted by atomic mass is 32.2. The van der Waals surface area contributed by atoms with E-state index in [0.717, 1.165) is 12.1 Å². The van der Waals surface area contributed by atoms with Crippen LogP contribution >= 0.6 is 12.2 Å². The molecule has 122 valence electrons. The quantitative estimate of drug-likeness (QED) is 0.826. The highest BCUT2D eigenvalue weighted by Gasteiger charge is 2.31. The van der Waals surface area contributed by atoms with Crippen LogP contribution in [0.3, 0.4) is 0 Å². The Labute approximate surface area is 138 Å². The van der Waals surface area contributed by atoms with Crippen LogP contribution in [0.1, 0.15) is 20.3 Å². The molecular weight excluding hydrogens is 318 g/mol. The average molecular weight is 342 g/mol. The van der Waals surface area contributed by atoms with Crippen molar-refractivity contribution in [1.82, 2.24) is 9.62 Å². The summed E-state index contributed by atoms with van der Waals surface area (Å²) in [6.07, 6.45) is 1.08. The molecule has 1 aliphatic heterocycles. The van der Waals surface area contributed by atoms with E-state index in [1.54, 1.807) is 35.6 Å². The monoisotopic (exact) mass is 341 g/mol. The molecule has 0 amide bonds. The van der Waals surface area contributed by atoms with Crippen molar-refractivity contribution >= 4 is 33.0 Å². The van der Waals surface area contributed by atoms with Gasteiger partial charge in [-0.05, 0) is 54.7 Å². The third-order valence-corrected chi connectivity index (χ3v) is 5.96. The molecule has 2 rings (SSSR count). The Kier molecular flexibility index (Phi) is 5.41. The second-order valence-corrected chi connectivity index (χ2v) is 8.34. The van der Waals surface area contributed by atoms with Crippen molar-refractivity contribution in [2.45, 2.75) is 25.2 Å². The third-order valence-electron chi connectivity index (χ3n) is 3.81. The van der Waals surface area contributed by atoms with Gasteiger partial charge in [0.1, 0.15) is 0 Å². The molecule has 22 heavy (non-hydrogen) atoms.